The van der Waals surface area contributed by atoms with Crippen LogP contribution in [0.2, 0.25) is 0 Å². The fourth-order valence-electron chi connectivity index (χ4n) is 4.73. The topological polar surface area (TPSA) is 68.2 Å². The van der Waals surface area contributed by atoms with Gasteiger partial charge in [0, 0.05) is 55.3 Å². The molecule has 4 heterocycles. The van der Waals surface area contributed by atoms with Gasteiger partial charge in [0.1, 0.15) is 6.10 Å². The number of pyridine rings is 1. The highest BCUT2D eigenvalue weighted by Gasteiger charge is 2.32. The lowest BCUT2D eigenvalue weighted by atomic mass is 9.88. The van der Waals surface area contributed by atoms with E-state index in [1.54, 1.807) is 12.4 Å². The first-order chi connectivity index (χ1) is 15.7. The molecule has 3 aromatic rings. The monoisotopic (exact) mass is 428 g/mol. The summed E-state index contributed by atoms with van der Waals surface area (Å²) in [5, 5.41) is 0. The molecule has 0 radical (unpaired) electrons. The number of carbonyl (C=O) groups is 1. The normalized spacial score (nSPS) is 19.3. The lowest BCUT2D eigenvalue weighted by Crippen LogP contribution is -2.43. The van der Waals surface area contributed by atoms with E-state index in [2.05, 4.69) is 41.2 Å². The molecule has 2 aromatic heterocycles. The molecule has 2 aliphatic heterocycles. The summed E-state index contributed by atoms with van der Waals surface area (Å²) >= 11 is 0. The van der Waals surface area contributed by atoms with Crippen molar-refractivity contribution < 1.29 is 9.53 Å². The molecule has 0 aliphatic carbocycles. The third-order valence-corrected chi connectivity index (χ3v) is 6.48. The quantitative estimate of drug-likeness (QED) is 0.616. The fraction of sp³-hybridized carbons (Fsp3) is 0.385. The van der Waals surface area contributed by atoms with Crippen molar-refractivity contribution in [1.29, 1.82) is 0 Å². The third kappa shape index (κ3) is 4.28. The summed E-state index contributed by atoms with van der Waals surface area (Å²) in [6.07, 6.45) is 8.85. The molecule has 1 aromatic carbocycles. The largest absolute Gasteiger partial charge is 0.368 e. The first-order valence-corrected chi connectivity index (χ1v) is 11.4. The number of hydrogen-bond acceptors (Lipinski definition) is 5. The molecule has 5 rings (SSSR count). The molecule has 6 heteroatoms. The van der Waals surface area contributed by atoms with Crippen molar-refractivity contribution in [2.45, 2.75) is 44.6 Å². The van der Waals surface area contributed by atoms with Crippen LogP contribution in [0.1, 0.15) is 42.9 Å². The average molecular weight is 429 g/mol. The van der Waals surface area contributed by atoms with Crippen molar-refractivity contribution >= 4 is 5.91 Å². The predicted octanol–water partition coefficient (Wildman–Crippen LogP) is 4.40. The molecular weight excluding hydrogens is 400 g/mol. The highest BCUT2D eigenvalue weighted by Crippen LogP contribution is 2.35. The van der Waals surface area contributed by atoms with E-state index in [1.165, 1.54) is 5.56 Å². The number of carbonyl (C=O) groups excluding carboxylic acids is 1. The summed E-state index contributed by atoms with van der Waals surface area (Å²) in [7, 11) is 0. The van der Waals surface area contributed by atoms with E-state index in [0.717, 1.165) is 67.0 Å². The van der Waals surface area contributed by atoms with Crippen molar-refractivity contribution in [1.82, 2.24) is 19.9 Å². The van der Waals surface area contributed by atoms with Crippen LogP contribution in [0.4, 0.5) is 0 Å². The van der Waals surface area contributed by atoms with E-state index in [4.69, 9.17) is 9.72 Å². The summed E-state index contributed by atoms with van der Waals surface area (Å²) in [6, 6.07) is 12.4. The number of aromatic nitrogens is 3. The molecule has 2 aliphatic rings. The molecule has 1 atom stereocenters. The highest BCUT2D eigenvalue weighted by atomic mass is 16.5. The average Bonchev–Trinajstić information content (AvgIpc) is 3.39. The Bertz CT molecular complexity index is 1090. The summed E-state index contributed by atoms with van der Waals surface area (Å²) < 4.78 is 5.62. The van der Waals surface area contributed by atoms with Crippen LogP contribution >= 0.6 is 0 Å². The van der Waals surface area contributed by atoms with Crippen molar-refractivity contribution in [2.75, 3.05) is 19.7 Å². The van der Waals surface area contributed by atoms with Crippen LogP contribution in [0, 0.1) is 6.92 Å². The van der Waals surface area contributed by atoms with Crippen LogP contribution < -0.4 is 0 Å². The zero-order valence-corrected chi connectivity index (χ0v) is 18.4. The predicted molar refractivity (Wildman–Crippen MR) is 123 cm³/mol. The minimum atomic E-state index is -0.244. The Morgan fingerprint density at radius 3 is 2.59 bits per heavy atom. The van der Waals surface area contributed by atoms with Crippen LogP contribution in [-0.4, -0.2) is 51.6 Å². The molecule has 0 bridgehead atoms. The highest BCUT2D eigenvalue weighted by molar-refractivity contribution is 5.81. The minimum absolute atomic E-state index is 0.153. The van der Waals surface area contributed by atoms with E-state index in [0.29, 0.717) is 6.61 Å². The molecule has 1 amide bonds. The molecule has 1 unspecified atom stereocenters. The van der Waals surface area contributed by atoms with E-state index in [1.807, 2.05) is 23.2 Å². The Hall–Kier alpha value is -3.12. The van der Waals surface area contributed by atoms with Crippen molar-refractivity contribution in [3.8, 4) is 22.5 Å². The number of ether oxygens (including phenoxy) is 1. The zero-order chi connectivity index (χ0) is 21.9. The Balaban J connectivity index is 1.44. The summed E-state index contributed by atoms with van der Waals surface area (Å²) in [6.45, 7) is 4.28. The maximum absolute atomic E-state index is 12.8. The smallest absolute Gasteiger partial charge is 0.251 e. The Labute approximate surface area is 188 Å². The van der Waals surface area contributed by atoms with E-state index < -0.39 is 0 Å². The standard InChI is InChI=1S/C26H28N4O2/c1-18-4-2-5-21(16-18)22-17-28-25(20-7-11-27-12-8-20)29-24(22)19-9-13-30(14-10-19)26(31)23-6-3-15-32-23/h2,4-5,7-8,11-12,16-17,19,23H,3,6,9-10,13-15H2,1H3. The second-order valence-electron chi connectivity index (χ2n) is 8.70. The van der Waals surface area contributed by atoms with E-state index in [-0.39, 0.29) is 17.9 Å². The van der Waals surface area contributed by atoms with Gasteiger partial charge in [-0.15, -0.1) is 0 Å². The minimum Gasteiger partial charge on any atom is -0.368 e. The third-order valence-electron chi connectivity index (χ3n) is 6.48. The van der Waals surface area contributed by atoms with Crippen LogP contribution in [0.5, 0.6) is 0 Å². The Morgan fingerprint density at radius 1 is 1.06 bits per heavy atom. The lowest BCUT2D eigenvalue weighted by Gasteiger charge is -2.33. The fourth-order valence-corrected chi connectivity index (χ4v) is 4.73. The van der Waals surface area contributed by atoms with Crippen LogP contribution in [0.25, 0.3) is 22.5 Å². The number of rotatable bonds is 4. The van der Waals surface area contributed by atoms with Gasteiger partial charge in [-0.2, -0.15) is 0 Å². The molecule has 0 saturated carbocycles. The van der Waals surface area contributed by atoms with Crippen molar-refractivity contribution in [2.24, 2.45) is 0 Å². The maximum Gasteiger partial charge on any atom is 0.251 e. The Kier molecular flexibility index (Phi) is 5.95. The van der Waals surface area contributed by atoms with Gasteiger partial charge in [0.2, 0.25) is 0 Å². The molecule has 0 spiro atoms. The van der Waals surface area contributed by atoms with Crippen molar-refractivity contribution in [3.05, 3.63) is 66.2 Å². The summed E-state index contributed by atoms with van der Waals surface area (Å²) in [5.41, 5.74) is 5.46. The van der Waals surface area contributed by atoms with Gasteiger partial charge in [0.25, 0.3) is 5.91 Å². The van der Waals surface area contributed by atoms with Gasteiger partial charge in [-0.05, 0) is 50.3 Å². The van der Waals surface area contributed by atoms with Gasteiger partial charge in [0.15, 0.2) is 5.82 Å². The Morgan fingerprint density at radius 2 is 1.88 bits per heavy atom. The van der Waals surface area contributed by atoms with Gasteiger partial charge in [-0.3, -0.25) is 9.78 Å². The van der Waals surface area contributed by atoms with E-state index >= 15 is 0 Å². The van der Waals surface area contributed by atoms with Gasteiger partial charge >= 0.3 is 0 Å². The van der Waals surface area contributed by atoms with Crippen LogP contribution in [-0.2, 0) is 9.53 Å². The SMILES string of the molecule is Cc1cccc(-c2cnc(-c3ccncc3)nc2C2CCN(C(=O)C3CCCO3)CC2)c1. The number of piperidine rings is 1. The van der Waals surface area contributed by atoms with Gasteiger partial charge in [-0.1, -0.05) is 29.8 Å². The first-order valence-electron chi connectivity index (χ1n) is 11.4. The number of likely N-dealkylation sites (tertiary alicyclic amines) is 1. The summed E-state index contributed by atoms with van der Waals surface area (Å²) in [5.74, 6) is 1.15. The van der Waals surface area contributed by atoms with Gasteiger partial charge in [0.05, 0.1) is 5.69 Å². The number of hydrogen-bond donors (Lipinski definition) is 0. The van der Waals surface area contributed by atoms with E-state index in [9.17, 15) is 4.79 Å². The number of amides is 1. The van der Waals surface area contributed by atoms with Gasteiger partial charge in [-0.25, -0.2) is 9.97 Å². The molecule has 2 saturated heterocycles. The first kappa shape index (κ1) is 20.8. The number of benzene rings is 1. The second-order valence-corrected chi connectivity index (χ2v) is 8.70. The summed E-state index contributed by atoms with van der Waals surface area (Å²) in [4.78, 5) is 28.6. The molecular formula is C26H28N4O2. The van der Waals surface area contributed by atoms with Gasteiger partial charge < -0.3 is 9.64 Å². The number of nitrogens with zero attached hydrogens (tertiary/aromatic N) is 4. The second kappa shape index (κ2) is 9.17. The molecule has 164 valence electrons. The molecule has 0 N–H and O–H groups in total. The maximum atomic E-state index is 12.8. The molecule has 6 nitrogen and oxygen atoms in total. The molecule has 2 fully saturated rings. The van der Waals surface area contributed by atoms with Crippen molar-refractivity contribution in [3.63, 3.8) is 0 Å². The zero-order valence-electron chi connectivity index (χ0n) is 18.4. The van der Waals surface area contributed by atoms with Crippen LogP contribution in [0.15, 0.2) is 55.0 Å². The number of aryl methyl sites for hydroxylation is 1. The molecule has 32 heavy (non-hydrogen) atoms. The van der Waals surface area contributed by atoms with Crippen LogP contribution in [0.3, 0.4) is 0 Å². The lowest BCUT2D eigenvalue weighted by molar-refractivity contribution is -0.142.